The summed E-state index contributed by atoms with van der Waals surface area (Å²) in [4.78, 5) is 3.67. The fraction of sp³-hybridized carbons (Fsp3) is 0.222. The van der Waals surface area contributed by atoms with E-state index >= 15 is 0 Å². The van der Waals surface area contributed by atoms with Gasteiger partial charge in [0.25, 0.3) is 0 Å². The fourth-order valence-electron chi connectivity index (χ4n) is 0.929. The second-order valence-corrected chi connectivity index (χ2v) is 2.72. The second kappa shape index (κ2) is 3.89. The van der Waals surface area contributed by atoms with E-state index in [1.165, 1.54) is 13.1 Å². The van der Waals surface area contributed by atoms with Gasteiger partial charge in [-0.1, -0.05) is 6.07 Å². The third-order valence-corrected chi connectivity index (χ3v) is 1.63. The standard InChI is InChI=1S/C9H12FN3/c1-6-3-4-7(10)8(5-6)13-9(11)12-2/h3-5H,1-2H3,(H3,11,12,13). The van der Waals surface area contributed by atoms with Gasteiger partial charge in [-0.15, -0.1) is 0 Å². The number of anilines is 1. The van der Waals surface area contributed by atoms with Gasteiger partial charge in [0, 0.05) is 7.05 Å². The summed E-state index contributed by atoms with van der Waals surface area (Å²) in [7, 11) is 1.54. The molecule has 0 saturated carbocycles. The van der Waals surface area contributed by atoms with E-state index < -0.39 is 0 Å². The first-order chi connectivity index (χ1) is 6.13. The Labute approximate surface area is 76.5 Å². The lowest BCUT2D eigenvalue weighted by Gasteiger charge is -2.06. The summed E-state index contributed by atoms with van der Waals surface area (Å²) in [5.41, 5.74) is 6.71. The molecule has 4 heteroatoms. The summed E-state index contributed by atoms with van der Waals surface area (Å²) in [6.07, 6.45) is 0. The zero-order valence-electron chi connectivity index (χ0n) is 7.63. The molecule has 0 spiro atoms. The fourth-order valence-corrected chi connectivity index (χ4v) is 0.929. The van der Waals surface area contributed by atoms with Crippen molar-refractivity contribution in [2.45, 2.75) is 6.92 Å². The van der Waals surface area contributed by atoms with Crippen molar-refractivity contribution in [3.05, 3.63) is 29.6 Å². The summed E-state index contributed by atoms with van der Waals surface area (Å²) in [6.45, 7) is 1.88. The van der Waals surface area contributed by atoms with E-state index in [0.717, 1.165) is 5.56 Å². The molecule has 1 aromatic carbocycles. The highest BCUT2D eigenvalue weighted by Crippen LogP contribution is 2.14. The second-order valence-electron chi connectivity index (χ2n) is 2.72. The molecule has 0 aliphatic rings. The van der Waals surface area contributed by atoms with Crippen LogP contribution in [0.1, 0.15) is 5.56 Å². The van der Waals surface area contributed by atoms with Crippen molar-refractivity contribution in [1.82, 2.24) is 0 Å². The number of rotatable bonds is 1. The highest BCUT2D eigenvalue weighted by atomic mass is 19.1. The zero-order chi connectivity index (χ0) is 9.84. The van der Waals surface area contributed by atoms with Crippen LogP contribution in [-0.2, 0) is 0 Å². The molecule has 0 aromatic heterocycles. The summed E-state index contributed by atoms with van der Waals surface area (Å²) >= 11 is 0. The maximum atomic E-state index is 13.1. The Morgan fingerprint density at radius 3 is 2.85 bits per heavy atom. The Balaban J connectivity index is 2.94. The van der Waals surface area contributed by atoms with Crippen LogP contribution in [0.4, 0.5) is 10.1 Å². The number of aliphatic imine (C=N–C) groups is 1. The minimum atomic E-state index is -0.336. The van der Waals surface area contributed by atoms with Crippen LogP contribution in [0, 0.1) is 12.7 Å². The van der Waals surface area contributed by atoms with E-state index in [-0.39, 0.29) is 11.8 Å². The van der Waals surface area contributed by atoms with E-state index in [0.29, 0.717) is 5.69 Å². The first kappa shape index (κ1) is 9.51. The van der Waals surface area contributed by atoms with Gasteiger partial charge in [0.15, 0.2) is 5.96 Å². The van der Waals surface area contributed by atoms with Gasteiger partial charge in [-0.25, -0.2) is 4.39 Å². The molecule has 0 radical (unpaired) electrons. The molecule has 0 bridgehead atoms. The average Bonchev–Trinajstić information content (AvgIpc) is 2.11. The molecule has 0 aliphatic carbocycles. The molecule has 13 heavy (non-hydrogen) atoms. The topological polar surface area (TPSA) is 50.4 Å². The van der Waals surface area contributed by atoms with Crippen molar-refractivity contribution in [3.63, 3.8) is 0 Å². The minimum Gasteiger partial charge on any atom is -0.370 e. The van der Waals surface area contributed by atoms with Gasteiger partial charge in [-0.2, -0.15) is 0 Å². The van der Waals surface area contributed by atoms with E-state index in [2.05, 4.69) is 10.3 Å². The summed E-state index contributed by atoms with van der Waals surface area (Å²) in [5.74, 6) is -0.137. The Morgan fingerprint density at radius 1 is 1.54 bits per heavy atom. The van der Waals surface area contributed by atoms with Crippen LogP contribution in [0.3, 0.4) is 0 Å². The van der Waals surface area contributed by atoms with Crippen molar-refractivity contribution in [3.8, 4) is 0 Å². The van der Waals surface area contributed by atoms with Gasteiger partial charge in [-0.3, -0.25) is 4.99 Å². The number of guanidine groups is 1. The number of aryl methyl sites for hydroxylation is 1. The highest BCUT2D eigenvalue weighted by Gasteiger charge is 2.01. The van der Waals surface area contributed by atoms with E-state index in [4.69, 9.17) is 5.73 Å². The van der Waals surface area contributed by atoms with E-state index in [1.54, 1.807) is 12.1 Å². The maximum absolute atomic E-state index is 13.1. The molecule has 70 valence electrons. The molecule has 3 nitrogen and oxygen atoms in total. The Morgan fingerprint density at radius 2 is 2.23 bits per heavy atom. The quantitative estimate of drug-likeness (QED) is 0.509. The van der Waals surface area contributed by atoms with Crippen LogP contribution < -0.4 is 11.1 Å². The molecule has 0 atom stereocenters. The van der Waals surface area contributed by atoms with Crippen LogP contribution in [0.15, 0.2) is 23.2 Å². The summed E-state index contributed by atoms with van der Waals surface area (Å²) in [5, 5.41) is 2.65. The Hall–Kier alpha value is -1.58. The van der Waals surface area contributed by atoms with Gasteiger partial charge in [0.05, 0.1) is 5.69 Å². The van der Waals surface area contributed by atoms with Crippen molar-refractivity contribution in [1.29, 1.82) is 0 Å². The largest absolute Gasteiger partial charge is 0.370 e. The van der Waals surface area contributed by atoms with Gasteiger partial charge < -0.3 is 11.1 Å². The van der Waals surface area contributed by atoms with Crippen molar-refractivity contribution in [2.75, 3.05) is 12.4 Å². The molecular weight excluding hydrogens is 169 g/mol. The number of benzene rings is 1. The monoisotopic (exact) mass is 181 g/mol. The molecule has 1 rings (SSSR count). The molecule has 0 unspecified atom stereocenters. The van der Waals surface area contributed by atoms with Crippen molar-refractivity contribution < 1.29 is 4.39 Å². The predicted molar refractivity (Wildman–Crippen MR) is 52.3 cm³/mol. The molecule has 0 amide bonds. The van der Waals surface area contributed by atoms with E-state index in [1.807, 2.05) is 6.92 Å². The molecule has 3 N–H and O–H groups in total. The smallest absolute Gasteiger partial charge is 0.192 e. The normalized spacial score (nSPS) is 11.5. The molecule has 0 aliphatic heterocycles. The highest BCUT2D eigenvalue weighted by molar-refractivity contribution is 5.92. The van der Waals surface area contributed by atoms with Crippen LogP contribution in [0.25, 0.3) is 0 Å². The first-order valence-corrected chi connectivity index (χ1v) is 3.89. The van der Waals surface area contributed by atoms with Gasteiger partial charge in [-0.05, 0) is 24.6 Å². The number of nitrogens with one attached hydrogen (secondary N) is 1. The average molecular weight is 181 g/mol. The number of hydrogen-bond acceptors (Lipinski definition) is 1. The van der Waals surface area contributed by atoms with Crippen LogP contribution >= 0.6 is 0 Å². The third-order valence-electron chi connectivity index (χ3n) is 1.63. The van der Waals surface area contributed by atoms with Crippen molar-refractivity contribution >= 4 is 11.6 Å². The number of hydrogen-bond donors (Lipinski definition) is 2. The SMILES string of the molecule is CN=C(N)Nc1cc(C)ccc1F. The van der Waals surface area contributed by atoms with Gasteiger partial charge in [0.1, 0.15) is 5.82 Å². The van der Waals surface area contributed by atoms with Gasteiger partial charge in [0.2, 0.25) is 0 Å². The number of halogens is 1. The van der Waals surface area contributed by atoms with Crippen LogP contribution in [0.5, 0.6) is 0 Å². The lowest BCUT2D eigenvalue weighted by atomic mass is 10.2. The van der Waals surface area contributed by atoms with Gasteiger partial charge >= 0.3 is 0 Å². The maximum Gasteiger partial charge on any atom is 0.192 e. The third kappa shape index (κ3) is 2.43. The molecule has 0 heterocycles. The zero-order valence-corrected chi connectivity index (χ0v) is 7.63. The van der Waals surface area contributed by atoms with Crippen LogP contribution in [0.2, 0.25) is 0 Å². The number of nitrogens with zero attached hydrogens (tertiary/aromatic N) is 1. The van der Waals surface area contributed by atoms with Crippen molar-refractivity contribution in [2.24, 2.45) is 10.7 Å². The molecule has 0 saturated heterocycles. The predicted octanol–water partition coefficient (Wildman–Crippen LogP) is 1.49. The minimum absolute atomic E-state index is 0.199. The molecule has 0 fully saturated rings. The number of nitrogens with two attached hydrogens (primary N) is 1. The van der Waals surface area contributed by atoms with Crippen LogP contribution in [-0.4, -0.2) is 13.0 Å². The van der Waals surface area contributed by atoms with E-state index in [9.17, 15) is 4.39 Å². The molecule has 1 aromatic rings. The lowest BCUT2D eigenvalue weighted by Crippen LogP contribution is -2.22. The summed E-state index contributed by atoms with van der Waals surface area (Å²) < 4.78 is 13.1. The Kier molecular flexibility index (Phi) is 2.84. The Bertz CT molecular complexity index is 334. The first-order valence-electron chi connectivity index (χ1n) is 3.89. The molecular formula is C9H12FN3. The summed E-state index contributed by atoms with van der Waals surface area (Å²) in [6, 6.07) is 4.76. The lowest BCUT2D eigenvalue weighted by molar-refractivity contribution is 0.631.